The van der Waals surface area contributed by atoms with Gasteiger partial charge in [-0.1, -0.05) is 13.0 Å². The Morgan fingerprint density at radius 1 is 1.50 bits per heavy atom. The van der Waals surface area contributed by atoms with Crippen LogP contribution in [0.15, 0.2) is 18.2 Å². The Balaban J connectivity index is 2.12. The zero-order chi connectivity index (χ0) is 13.0. The highest BCUT2D eigenvalue weighted by atomic mass is 32.2. The predicted octanol–water partition coefficient (Wildman–Crippen LogP) is 2.66. The van der Waals surface area contributed by atoms with E-state index >= 15 is 0 Å². The number of nitrogens with zero attached hydrogens (tertiary/aromatic N) is 1. The summed E-state index contributed by atoms with van der Waals surface area (Å²) in [5.41, 5.74) is 7.22. The minimum Gasteiger partial charge on any atom is -0.367 e. The van der Waals surface area contributed by atoms with Crippen molar-refractivity contribution >= 4 is 17.4 Å². The van der Waals surface area contributed by atoms with Crippen molar-refractivity contribution in [3.63, 3.8) is 0 Å². The molecule has 0 aromatic heterocycles. The molecule has 100 valence electrons. The lowest BCUT2D eigenvalue weighted by molar-refractivity contribution is 0.611. The van der Waals surface area contributed by atoms with Crippen molar-refractivity contribution < 1.29 is 4.39 Å². The number of hydrogen-bond donors (Lipinski definition) is 1. The molecule has 1 aromatic carbocycles. The van der Waals surface area contributed by atoms with Gasteiger partial charge < -0.3 is 10.6 Å². The Morgan fingerprint density at radius 2 is 2.33 bits per heavy atom. The Kier molecular flexibility index (Phi) is 4.89. The molecule has 0 bridgehead atoms. The normalized spacial score (nSPS) is 20.2. The molecule has 4 heteroatoms. The highest BCUT2D eigenvalue weighted by molar-refractivity contribution is 8.00. The van der Waals surface area contributed by atoms with Crippen molar-refractivity contribution in [2.75, 3.05) is 30.3 Å². The molecular weight excluding hydrogens is 247 g/mol. The van der Waals surface area contributed by atoms with E-state index in [-0.39, 0.29) is 5.82 Å². The van der Waals surface area contributed by atoms with Crippen LogP contribution in [0.1, 0.15) is 18.9 Å². The monoisotopic (exact) mass is 268 g/mol. The molecule has 1 atom stereocenters. The van der Waals surface area contributed by atoms with E-state index < -0.39 is 0 Å². The Labute approximate surface area is 113 Å². The van der Waals surface area contributed by atoms with E-state index in [9.17, 15) is 4.39 Å². The number of halogens is 1. The van der Waals surface area contributed by atoms with E-state index in [4.69, 9.17) is 5.73 Å². The first-order chi connectivity index (χ1) is 8.74. The first-order valence-corrected chi connectivity index (χ1v) is 7.64. The maximum absolute atomic E-state index is 14.1. The van der Waals surface area contributed by atoms with Gasteiger partial charge in [0.15, 0.2) is 0 Å². The fraction of sp³-hybridized carbons (Fsp3) is 0.571. The number of nitrogens with two attached hydrogens (primary N) is 1. The minimum absolute atomic E-state index is 0.109. The number of hydrogen-bond acceptors (Lipinski definition) is 3. The van der Waals surface area contributed by atoms with Gasteiger partial charge >= 0.3 is 0 Å². The average Bonchev–Trinajstić information content (AvgIpc) is 2.39. The zero-order valence-corrected chi connectivity index (χ0v) is 11.7. The molecule has 0 spiro atoms. The lowest BCUT2D eigenvalue weighted by Gasteiger charge is -2.34. The van der Waals surface area contributed by atoms with Crippen LogP contribution in [-0.2, 0) is 6.42 Å². The number of anilines is 1. The van der Waals surface area contributed by atoms with Crippen molar-refractivity contribution in [2.45, 2.75) is 25.0 Å². The van der Waals surface area contributed by atoms with Gasteiger partial charge in [0.2, 0.25) is 0 Å². The highest BCUT2D eigenvalue weighted by Gasteiger charge is 2.21. The van der Waals surface area contributed by atoms with Crippen molar-refractivity contribution in [2.24, 2.45) is 5.73 Å². The van der Waals surface area contributed by atoms with Crippen LogP contribution in [0.3, 0.4) is 0 Å². The second-order valence-corrected chi connectivity index (χ2v) is 6.08. The molecule has 2 nitrogen and oxygen atoms in total. The second-order valence-electron chi connectivity index (χ2n) is 4.67. The molecular formula is C14H21FN2S. The quantitative estimate of drug-likeness (QED) is 0.910. The molecule has 2 rings (SSSR count). The molecule has 18 heavy (non-hydrogen) atoms. The molecule has 1 unspecified atom stereocenters. The summed E-state index contributed by atoms with van der Waals surface area (Å²) in [5, 5.41) is 0.627. The van der Waals surface area contributed by atoms with Crippen LogP contribution in [-0.4, -0.2) is 30.6 Å². The van der Waals surface area contributed by atoms with E-state index in [1.807, 2.05) is 23.9 Å². The summed E-state index contributed by atoms with van der Waals surface area (Å²) in [6.45, 7) is 4.65. The summed E-state index contributed by atoms with van der Waals surface area (Å²) >= 11 is 2.00. The van der Waals surface area contributed by atoms with Gasteiger partial charge in [-0.25, -0.2) is 4.39 Å². The van der Waals surface area contributed by atoms with E-state index in [2.05, 4.69) is 11.8 Å². The van der Waals surface area contributed by atoms with Gasteiger partial charge in [-0.3, -0.25) is 0 Å². The smallest absolute Gasteiger partial charge is 0.146 e. The molecule has 0 aliphatic carbocycles. The largest absolute Gasteiger partial charge is 0.367 e. The molecule has 0 saturated carbocycles. The van der Waals surface area contributed by atoms with Gasteiger partial charge in [0.05, 0.1) is 5.69 Å². The van der Waals surface area contributed by atoms with Crippen molar-refractivity contribution in [3.8, 4) is 0 Å². The van der Waals surface area contributed by atoms with Crippen molar-refractivity contribution in [3.05, 3.63) is 29.6 Å². The Hall–Kier alpha value is -0.740. The summed E-state index contributed by atoms with van der Waals surface area (Å²) in [5.74, 6) is 0.977. The fourth-order valence-corrected chi connectivity index (χ4v) is 3.49. The summed E-state index contributed by atoms with van der Waals surface area (Å²) in [7, 11) is 0. The molecule has 1 aliphatic rings. The summed E-state index contributed by atoms with van der Waals surface area (Å²) < 4.78 is 14.1. The van der Waals surface area contributed by atoms with Crippen LogP contribution < -0.4 is 10.6 Å². The molecule has 1 fully saturated rings. The summed E-state index contributed by atoms with van der Waals surface area (Å²) in [6.07, 6.45) is 1.89. The molecule has 1 heterocycles. The van der Waals surface area contributed by atoms with Crippen LogP contribution in [0.5, 0.6) is 0 Å². The number of benzene rings is 1. The first-order valence-electron chi connectivity index (χ1n) is 6.59. The van der Waals surface area contributed by atoms with E-state index in [1.54, 1.807) is 6.07 Å². The van der Waals surface area contributed by atoms with Gasteiger partial charge in [0.1, 0.15) is 5.82 Å². The van der Waals surface area contributed by atoms with Crippen molar-refractivity contribution in [1.29, 1.82) is 0 Å². The van der Waals surface area contributed by atoms with Crippen LogP contribution in [0.2, 0.25) is 0 Å². The van der Waals surface area contributed by atoms with Gasteiger partial charge in [0.25, 0.3) is 0 Å². The SMILES string of the molecule is CCC1CN(c2ccc(CCN)cc2F)CCS1. The third-order valence-electron chi connectivity index (χ3n) is 3.38. The molecule has 1 saturated heterocycles. The predicted molar refractivity (Wildman–Crippen MR) is 77.9 cm³/mol. The fourth-order valence-electron chi connectivity index (χ4n) is 2.31. The molecule has 1 aliphatic heterocycles. The number of rotatable bonds is 4. The summed E-state index contributed by atoms with van der Waals surface area (Å²) in [4.78, 5) is 2.17. The topological polar surface area (TPSA) is 29.3 Å². The first kappa shape index (κ1) is 13.7. The zero-order valence-electron chi connectivity index (χ0n) is 10.9. The van der Waals surface area contributed by atoms with Crippen LogP contribution in [0, 0.1) is 5.82 Å². The lowest BCUT2D eigenvalue weighted by Crippen LogP contribution is -2.38. The van der Waals surface area contributed by atoms with E-state index in [1.165, 1.54) is 0 Å². The maximum atomic E-state index is 14.1. The average molecular weight is 268 g/mol. The standard InChI is InChI=1S/C14H21FN2S/c1-2-12-10-17(7-8-18-12)14-4-3-11(5-6-16)9-13(14)15/h3-4,9,12H,2,5-8,10,16H2,1H3. The van der Waals surface area contributed by atoms with Crippen LogP contribution in [0.25, 0.3) is 0 Å². The second kappa shape index (κ2) is 6.43. The third-order valence-corrected chi connectivity index (χ3v) is 4.75. The highest BCUT2D eigenvalue weighted by Crippen LogP contribution is 2.28. The molecule has 2 N–H and O–H groups in total. The van der Waals surface area contributed by atoms with E-state index in [0.29, 0.717) is 11.8 Å². The third kappa shape index (κ3) is 3.18. The van der Waals surface area contributed by atoms with Crippen LogP contribution >= 0.6 is 11.8 Å². The Bertz CT molecular complexity index is 397. The van der Waals surface area contributed by atoms with Crippen LogP contribution in [0.4, 0.5) is 10.1 Å². The van der Waals surface area contributed by atoms with E-state index in [0.717, 1.165) is 42.9 Å². The molecule has 0 amide bonds. The minimum atomic E-state index is -0.109. The van der Waals surface area contributed by atoms with Crippen molar-refractivity contribution in [1.82, 2.24) is 0 Å². The van der Waals surface area contributed by atoms with Gasteiger partial charge in [-0.2, -0.15) is 11.8 Å². The van der Waals surface area contributed by atoms with Gasteiger partial charge in [0, 0.05) is 24.1 Å². The maximum Gasteiger partial charge on any atom is 0.146 e. The summed E-state index contributed by atoms with van der Waals surface area (Å²) in [6, 6.07) is 5.53. The van der Waals surface area contributed by atoms with Gasteiger partial charge in [-0.05, 0) is 37.1 Å². The van der Waals surface area contributed by atoms with Gasteiger partial charge in [-0.15, -0.1) is 0 Å². The number of thioether (sulfide) groups is 1. The lowest BCUT2D eigenvalue weighted by atomic mass is 10.1. The molecule has 0 radical (unpaired) electrons. The molecule has 1 aromatic rings. The Morgan fingerprint density at radius 3 is 3.00 bits per heavy atom.